The molecule has 0 saturated heterocycles. The molecular weight excluding hydrogens is 268 g/mol. The molecule has 0 N–H and O–H groups in total. The van der Waals surface area contributed by atoms with E-state index in [0.29, 0.717) is 10.8 Å². The minimum absolute atomic E-state index is 0.157. The fourth-order valence-corrected chi connectivity index (χ4v) is 3.26. The topological polar surface area (TPSA) is 34.1 Å². The third kappa shape index (κ3) is 4.78. The lowest BCUT2D eigenvalue weighted by Gasteiger charge is -2.16. The van der Waals surface area contributed by atoms with E-state index in [-0.39, 0.29) is 5.75 Å². The van der Waals surface area contributed by atoms with Crippen molar-refractivity contribution in [2.45, 2.75) is 57.3 Å². The van der Waals surface area contributed by atoms with E-state index in [1.807, 2.05) is 12.1 Å². The highest BCUT2D eigenvalue weighted by atomic mass is 32.2. The Morgan fingerprint density at radius 1 is 1.15 bits per heavy atom. The largest absolute Gasteiger partial charge is 0.224 e. The summed E-state index contributed by atoms with van der Waals surface area (Å²) in [5.74, 6) is 0.569. The summed E-state index contributed by atoms with van der Waals surface area (Å²) in [6.45, 7) is 5.98. The second-order valence-electron chi connectivity index (χ2n) is 5.08. The molecule has 0 bridgehead atoms. The average Bonchev–Trinajstić information content (AvgIpc) is 2.46. The highest BCUT2D eigenvalue weighted by Gasteiger charge is 2.15. The molecule has 1 rings (SSSR count). The molecule has 0 radical (unpaired) electrons. The normalized spacial score (nSPS) is 13.8. The molecular formula is C17H26O2S. The van der Waals surface area contributed by atoms with Crippen LogP contribution in [0.4, 0.5) is 0 Å². The molecule has 0 fully saturated rings. The first kappa shape index (κ1) is 17.0. The van der Waals surface area contributed by atoms with E-state index in [1.165, 1.54) is 0 Å². The van der Waals surface area contributed by atoms with Crippen molar-refractivity contribution in [1.29, 1.82) is 0 Å². The number of rotatable bonds is 8. The maximum absolute atomic E-state index is 12.0. The number of hydrogen-bond acceptors (Lipinski definition) is 2. The van der Waals surface area contributed by atoms with Crippen LogP contribution in [0.3, 0.4) is 0 Å². The lowest BCUT2D eigenvalue weighted by Crippen LogP contribution is -2.05. The highest BCUT2D eigenvalue weighted by molar-refractivity contribution is 7.91. The third-order valence-corrected chi connectivity index (χ3v) is 5.26. The Bertz CT molecular complexity index is 530. The zero-order valence-corrected chi connectivity index (χ0v) is 13.6. The molecule has 1 aromatic carbocycles. The van der Waals surface area contributed by atoms with Gasteiger partial charge < -0.3 is 0 Å². The molecule has 20 heavy (non-hydrogen) atoms. The zero-order chi connectivity index (χ0) is 15.0. The molecule has 112 valence electrons. The van der Waals surface area contributed by atoms with Crippen LogP contribution in [0.15, 0.2) is 41.3 Å². The third-order valence-electron chi connectivity index (χ3n) is 3.53. The molecule has 0 amide bonds. The molecule has 0 heterocycles. The Labute approximate surface area is 123 Å². The van der Waals surface area contributed by atoms with Crippen molar-refractivity contribution < 1.29 is 8.42 Å². The van der Waals surface area contributed by atoms with E-state index in [0.717, 1.165) is 31.2 Å². The smallest absolute Gasteiger partial charge is 0.178 e. The quantitative estimate of drug-likeness (QED) is 0.650. The maximum atomic E-state index is 12.0. The second-order valence-corrected chi connectivity index (χ2v) is 7.36. The van der Waals surface area contributed by atoms with Crippen molar-refractivity contribution in [3.63, 3.8) is 0 Å². The van der Waals surface area contributed by atoms with Crippen LogP contribution in [-0.4, -0.2) is 14.2 Å². The van der Waals surface area contributed by atoms with Gasteiger partial charge in [-0.1, -0.05) is 51.5 Å². The Balaban J connectivity index is 3.02. The molecule has 0 aliphatic heterocycles. The van der Waals surface area contributed by atoms with Gasteiger partial charge in [0, 0.05) is 0 Å². The van der Waals surface area contributed by atoms with Crippen molar-refractivity contribution in [1.82, 2.24) is 0 Å². The van der Waals surface area contributed by atoms with Crippen LogP contribution >= 0.6 is 0 Å². The van der Waals surface area contributed by atoms with Gasteiger partial charge in [-0.25, -0.2) is 8.42 Å². The van der Waals surface area contributed by atoms with E-state index >= 15 is 0 Å². The van der Waals surface area contributed by atoms with Crippen LogP contribution in [0, 0.1) is 0 Å². The summed E-state index contributed by atoms with van der Waals surface area (Å²) >= 11 is 0. The van der Waals surface area contributed by atoms with Gasteiger partial charge in [0.1, 0.15) is 0 Å². The molecule has 0 saturated carbocycles. The molecule has 0 aromatic heterocycles. The van der Waals surface area contributed by atoms with Crippen LogP contribution in [0.5, 0.6) is 0 Å². The highest BCUT2D eigenvalue weighted by Crippen LogP contribution is 2.27. The van der Waals surface area contributed by atoms with Crippen LogP contribution in [0.1, 0.15) is 57.9 Å². The minimum atomic E-state index is -3.11. The van der Waals surface area contributed by atoms with Crippen molar-refractivity contribution in [3.05, 3.63) is 42.0 Å². The maximum Gasteiger partial charge on any atom is 0.178 e. The van der Waals surface area contributed by atoms with Gasteiger partial charge in [-0.15, -0.1) is 0 Å². The Hall–Kier alpha value is -1.09. The first-order chi connectivity index (χ1) is 9.55. The first-order valence-corrected chi connectivity index (χ1v) is 9.18. The number of allylic oxidation sites excluding steroid dienone is 2. The Morgan fingerprint density at radius 2 is 1.90 bits per heavy atom. The van der Waals surface area contributed by atoms with Crippen molar-refractivity contribution in [2.75, 3.05) is 5.75 Å². The average molecular weight is 294 g/mol. The van der Waals surface area contributed by atoms with E-state index < -0.39 is 9.84 Å². The molecule has 2 nitrogen and oxygen atoms in total. The number of hydrogen-bond donors (Lipinski definition) is 0. The molecule has 0 aliphatic carbocycles. The first-order valence-electron chi connectivity index (χ1n) is 7.52. The van der Waals surface area contributed by atoms with Gasteiger partial charge in [0.2, 0.25) is 0 Å². The van der Waals surface area contributed by atoms with Crippen LogP contribution < -0.4 is 0 Å². The van der Waals surface area contributed by atoms with E-state index in [2.05, 4.69) is 32.1 Å². The summed E-state index contributed by atoms with van der Waals surface area (Å²) in [5, 5.41) is 0. The Morgan fingerprint density at radius 3 is 2.50 bits per heavy atom. The summed E-state index contributed by atoms with van der Waals surface area (Å²) < 4.78 is 24.0. The Kier molecular flexibility index (Phi) is 7.00. The van der Waals surface area contributed by atoms with E-state index in [4.69, 9.17) is 0 Å². The lowest BCUT2D eigenvalue weighted by molar-refractivity contribution is 0.595. The molecule has 0 aliphatic rings. The molecule has 1 aromatic rings. The molecule has 3 heteroatoms. The fourth-order valence-electron chi connectivity index (χ4n) is 2.32. The van der Waals surface area contributed by atoms with Crippen molar-refractivity contribution in [2.24, 2.45) is 0 Å². The van der Waals surface area contributed by atoms with Gasteiger partial charge in [-0.3, -0.25) is 0 Å². The lowest BCUT2D eigenvalue weighted by atomic mass is 9.91. The van der Waals surface area contributed by atoms with Crippen LogP contribution in [-0.2, 0) is 9.84 Å². The monoisotopic (exact) mass is 294 g/mol. The van der Waals surface area contributed by atoms with Gasteiger partial charge in [-0.2, -0.15) is 0 Å². The van der Waals surface area contributed by atoms with Crippen LogP contribution in [0.25, 0.3) is 0 Å². The van der Waals surface area contributed by atoms with Gasteiger partial charge >= 0.3 is 0 Å². The van der Waals surface area contributed by atoms with E-state index in [9.17, 15) is 8.42 Å². The summed E-state index contributed by atoms with van der Waals surface area (Å²) in [5.41, 5.74) is 1.14. The summed E-state index contributed by atoms with van der Waals surface area (Å²) in [4.78, 5) is 0.457. The fraction of sp³-hybridized carbons (Fsp3) is 0.529. The van der Waals surface area contributed by atoms with Crippen molar-refractivity contribution >= 4 is 9.84 Å². The molecule has 1 unspecified atom stereocenters. The van der Waals surface area contributed by atoms with Gasteiger partial charge in [0.15, 0.2) is 9.84 Å². The van der Waals surface area contributed by atoms with Gasteiger partial charge in [0.05, 0.1) is 10.6 Å². The van der Waals surface area contributed by atoms with Gasteiger partial charge in [-0.05, 0) is 42.9 Å². The SMILES string of the molecule is CC/C=C\CC(CCC)c1cccc(S(=O)(=O)CC)c1. The number of benzene rings is 1. The molecule has 0 spiro atoms. The summed E-state index contributed by atoms with van der Waals surface area (Å²) in [6, 6.07) is 7.48. The second kappa shape index (κ2) is 8.25. The van der Waals surface area contributed by atoms with E-state index in [1.54, 1.807) is 13.0 Å². The van der Waals surface area contributed by atoms with Crippen molar-refractivity contribution in [3.8, 4) is 0 Å². The summed E-state index contributed by atoms with van der Waals surface area (Å²) in [7, 11) is -3.11. The predicted molar refractivity (Wildman–Crippen MR) is 85.9 cm³/mol. The van der Waals surface area contributed by atoms with Crippen LogP contribution in [0.2, 0.25) is 0 Å². The summed E-state index contributed by atoms with van der Waals surface area (Å²) in [6.07, 6.45) is 8.61. The predicted octanol–water partition coefficient (Wildman–Crippen LogP) is 4.72. The standard InChI is InChI=1S/C17H26O2S/c1-4-7-8-11-15(10-5-2)16-12-9-13-17(14-16)20(18,19)6-3/h7-9,12-15H,4-6,10-11H2,1-3H3/b8-7-. The zero-order valence-electron chi connectivity index (χ0n) is 12.8. The van der Waals surface area contributed by atoms with Gasteiger partial charge in [0.25, 0.3) is 0 Å². The molecule has 1 atom stereocenters. The minimum Gasteiger partial charge on any atom is -0.224 e. The number of sulfone groups is 1.